The number of carbonyl (C=O) groups is 4. The van der Waals surface area contributed by atoms with Crippen molar-refractivity contribution in [3.8, 4) is 0 Å². The number of likely N-dealkylation sites (tertiary alicyclic amines) is 4. The molecule has 10 nitrogen and oxygen atoms in total. The molecule has 0 aliphatic carbocycles. The van der Waals surface area contributed by atoms with E-state index in [1.807, 2.05) is 23.6 Å². The molecule has 4 fully saturated rings. The molecule has 0 radical (unpaired) electrons. The zero-order valence-corrected chi connectivity index (χ0v) is 22.8. The molecule has 10 heteroatoms. The van der Waals surface area contributed by atoms with Crippen LogP contribution in [0.1, 0.15) is 90.9 Å². The van der Waals surface area contributed by atoms with E-state index in [0.29, 0.717) is 45.6 Å². The van der Waals surface area contributed by atoms with Crippen molar-refractivity contribution in [1.82, 2.24) is 19.6 Å². The summed E-state index contributed by atoms with van der Waals surface area (Å²) < 4.78 is 11.4. The predicted octanol–water partition coefficient (Wildman–Crippen LogP) is 2.71. The standard InChI is InChI=1S/C15H26N2O3.C12H20N2O3/c1-13(17-11-7-3-5-9-15(17)19)20-12-16-10-6-2-4-8-14(16)18;1-10(14-7-3-5-12(14)16)17-9-8-13-6-2-4-11(13)15/h13H,2-12H2,1H3;10H,2-9H2,1H3. The lowest BCUT2D eigenvalue weighted by Crippen LogP contribution is -2.43. The largest absolute Gasteiger partial charge is 0.357 e. The van der Waals surface area contributed by atoms with E-state index in [1.54, 1.807) is 9.80 Å². The fourth-order valence-electron chi connectivity index (χ4n) is 5.27. The zero-order valence-electron chi connectivity index (χ0n) is 22.8. The van der Waals surface area contributed by atoms with Gasteiger partial charge in [-0.15, -0.1) is 0 Å². The SMILES string of the molecule is CC(OCCN1CCCC1=O)N1CCCC1=O.CC(OCN1CCCCCC1=O)N1CCCCCC1=O. The molecule has 4 aliphatic rings. The normalized spacial score (nSPS) is 23.1. The van der Waals surface area contributed by atoms with Gasteiger partial charge in [-0.05, 0) is 52.4 Å². The van der Waals surface area contributed by atoms with Crippen LogP contribution in [0.2, 0.25) is 0 Å². The highest BCUT2D eigenvalue weighted by Gasteiger charge is 2.26. The third-order valence-corrected chi connectivity index (χ3v) is 7.63. The smallest absolute Gasteiger partial charge is 0.224 e. The van der Waals surface area contributed by atoms with Crippen LogP contribution in [0.5, 0.6) is 0 Å². The van der Waals surface area contributed by atoms with Crippen molar-refractivity contribution in [1.29, 1.82) is 0 Å². The topological polar surface area (TPSA) is 99.7 Å². The van der Waals surface area contributed by atoms with Gasteiger partial charge in [0, 0.05) is 58.4 Å². The van der Waals surface area contributed by atoms with Gasteiger partial charge in [0.2, 0.25) is 23.6 Å². The first-order valence-corrected chi connectivity index (χ1v) is 14.2. The lowest BCUT2D eigenvalue weighted by molar-refractivity contribution is -0.154. The molecule has 0 N–H and O–H groups in total. The van der Waals surface area contributed by atoms with E-state index in [2.05, 4.69) is 0 Å². The minimum Gasteiger partial charge on any atom is -0.357 e. The molecule has 4 amide bonds. The number of nitrogens with zero attached hydrogens (tertiary/aromatic N) is 4. The van der Waals surface area contributed by atoms with Crippen LogP contribution >= 0.6 is 0 Å². The molecule has 210 valence electrons. The molecular formula is C27H46N4O6. The van der Waals surface area contributed by atoms with E-state index in [-0.39, 0.29) is 36.1 Å². The van der Waals surface area contributed by atoms with Gasteiger partial charge >= 0.3 is 0 Å². The molecule has 4 heterocycles. The predicted molar refractivity (Wildman–Crippen MR) is 138 cm³/mol. The van der Waals surface area contributed by atoms with E-state index in [0.717, 1.165) is 77.5 Å². The molecule has 4 aliphatic heterocycles. The third kappa shape index (κ3) is 9.25. The lowest BCUT2D eigenvalue weighted by atomic mass is 10.2. The summed E-state index contributed by atoms with van der Waals surface area (Å²) in [7, 11) is 0. The van der Waals surface area contributed by atoms with Crippen molar-refractivity contribution in [2.75, 3.05) is 46.1 Å². The molecule has 4 saturated heterocycles. The average molecular weight is 523 g/mol. The number of rotatable bonds is 9. The number of ether oxygens (including phenoxy) is 2. The summed E-state index contributed by atoms with van der Waals surface area (Å²) in [4.78, 5) is 53.9. The second kappa shape index (κ2) is 15.3. The van der Waals surface area contributed by atoms with Crippen molar-refractivity contribution in [2.45, 2.75) is 103 Å². The first-order valence-electron chi connectivity index (χ1n) is 14.2. The highest BCUT2D eigenvalue weighted by molar-refractivity contribution is 5.78. The molecule has 37 heavy (non-hydrogen) atoms. The summed E-state index contributed by atoms with van der Waals surface area (Å²) >= 11 is 0. The molecule has 0 spiro atoms. The van der Waals surface area contributed by atoms with Gasteiger partial charge in [0.25, 0.3) is 0 Å². The van der Waals surface area contributed by atoms with Gasteiger partial charge < -0.3 is 29.1 Å². The van der Waals surface area contributed by atoms with Gasteiger partial charge in [0.15, 0.2) is 0 Å². The maximum atomic E-state index is 12.0. The summed E-state index contributed by atoms with van der Waals surface area (Å²) in [5.41, 5.74) is 0. The zero-order chi connectivity index (χ0) is 26.6. The number of carbonyl (C=O) groups excluding carboxylic acids is 4. The first kappa shape index (κ1) is 29.4. The van der Waals surface area contributed by atoms with E-state index < -0.39 is 0 Å². The minimum atomic E-state index is -0.239. The first-order chi connectivity index (χ1) is 17.9. The average Bonchev–Trinajstić information content (AvgIpc) is 3.35. The van der Waals surface area contributed by atoms with Crippen molar-refractivity contribution < 1.29 is 28.7 Å². The van der Waals surface area contributed by atoms with Crippen LogP contribution in [0.4, 0.5) is 0 Å². The fraction of sp³-hybridized carbons (Fsp3) is 0.852. The number of amides is 4. The molecular weight excluding hydrogens is 476 g/mol. The summed E-state index contributed by atoms with van der Waals surface area (Å²) in [6, 6.07) is 0. The van der Waals surface area contributed by atoms with Crippen LogP contribution < -0.4 is 0 Å². The van der Waals surface area contributed by atoms with E-state index in [9.17, 15) is 19.2 Å². The Morgan fingerprint density at radius 3 is 1.68 bits per heavy atom. The van der Waals surface area contributed by atoms with Gasteiger partial charge in [0.1, 0.15) is 19.2 Å². The Kier molecular flexibility index (Phi) is 12.1. The Hall–Kier alpha value is -2.20. The molecule has 2 unspecified atom stereocenters. The Morgan fingerprint density at radius 2 is 1.05 bits per heavy atom. The maximum absolute atomic E-state index is 12.0. The van der Waals surface area contributed by atoms with Gasteiger partial charge in [-0.25, -0.2) is 0 Å². The molecule has 0 saturated carbocycles. The Morgan fingerprint density at radius 1 is 0.568 bits per heavy atom. The molecule has 2 atom stereocenters. The number of hydrogen-bond donors (Lipinski definition) is 0. The van der Waals surface area contributed by atoms with E-state index in [1.165, 1.54) is 0 Å². The molecule has 0 bridgehead atoms. The summed E-state index contributed by atoms with van der Waals surface area (Å²) in [6.07, 6.45) is 10.3. The van der Waals surface area contributed by atoms with Gasteiger partial charge in [0.05, 0.1) is 6.61 Å². The third-order valence-electron chi connectivity index (χ3n) is 7.63. The van der Waals surface area contributed by atoms with Crippen LogP contribution in [0.25, 0.3) is 0 Å². The van der Waals surface area contributed by atoms with Gasteiger partial charge in [-0.2, -0.15) is 0 Å². The summed E-state index contributed by atoms with van der Waals surface area (Å²) in [5.74, 6) is 0.752. The van der Waals surface area contributed by atoms with Crippen molar-refractivity contribution in [3.05, 3.63) is 0 Å². The van der Waals surface area contributed by atoms with E-state index >= 15 is 0 Å². The highest BCUT2D eigenvalue weighted by Crippen LogP contribution is 2.17. The Labute approximate surface area is 221 Å². The summed E-state index contributed by atoms with van der Waals surface area (Å²) in [6.45, 7) is 8.46. The van der Waals surface area contributed by atoms with Crippen molar-refractivity contribution in [2.24, 2.45) is 0 Å². The van der Waals surface area contributed by atoms with Crippen LogP contribution in [-0.2, 0) is 28.7 Å². The van der Waals surface area contributed by atoms with Gasteiger partial charge in [-0.3, -0.25) is 19.2 Å². The molecule has 0 aromatic carbocycles. The monoisotopic (exact) mass is 522 g/mol. The lowest BCUT2D eigenvalue weighted by Gasteiger charge is -2.30. The fourth-order valence-corrected chi connectivity index (χ4v) is 5.27. The van der Waals surface area contributed by atoms with Crippen LogP contribution in [0.15, 0.2) is 0 Å². The van der Waals surface area contributed by atoms with Crippen LogP contribution in [0, 0.1) is 0 Å². The molecule has 4 rings (SSSR count). The second-order valence-electron chi connectivity index (χ2n) is 10.4. The summed E-state index contributed by atoms with van der Waals surface area (Å²) in [5, 5.41) is 0. The highest BCUT2D eigenvalue weighted by atomic mass is 16.5. The second-order valence-corrected chi connectivity index (χ2v) is 10.4. The minimum absolute atomic E-state index is 0.164. The quantitative estimate of drug-likeness (QED) is 0.462. The molecule has 0 aromatic heterocycles. The Bertz CT molecular complexity index is 778. The Balaban J connectivity index is 0.000000208. The van der Waals surface area contributed by atoms with Crippen molar-refractivity contribution in [3.63, 3.8) is 0 Å². The number of hydrogen-bond acceptors (Lipinski definition) is 6. The van der Waals surface area contributed by atoms with Crippen molar-refractivity contribution >= 4 is 23.6 Å². The maximum Gasteiger partial charge on any atom is 0.224 e. The molecule has 0 aromatic rings. The van der Waals surface area contributed by atoms with Gasteiger partial charge in [-0.1, -0.05) is 12.8 Å². The van der Waals surface area contributed by atoms with Crippen LogP contribution in [0.3, 0.4) is 0 Å². The van der Waals surface area contributed by atoms with Crippen LogP contribution in [-0.4, -0.2) is 102 Å². The van der Waals surface area contributed by atoms with E-state index in [4.69, 9.17) is 9.47 Å².